The summed E-state index contributed by atoms with van der Waals surface area (Å²) in [4.78, 5) is 39.7. The normalized spacial score (nSPS) is 17.5. The van der Waals surface area contributed by atoms with Crippen LogP contribution in [-0.2, 0) is 4.79 Å². The SMILES string of the molecule is Cc1ccc2c(c1)C(=O)CC1(CCN(C(=O)/C=C/c3coc4ccccc4c3=O)CC1)O2. The van der Waals surface area contributed by atoms with Gasteiger partial charge in [0.2, 0.25) is 5.91 Å². The van der Waals surface area contributed by atoms with E-state index in [1.54, 1.807) is 29.2 Å². The first-order valence-corrected chi connectivity index (χ1v) is 10.7. The number of Topliss-reactive ketones (excluding diaryl/α,β-unsaturated/α-hetero) is 1. The first-order valence-electron chi connectivity index (χ1n) is 10.7. The molecule has 0 bridgehead atoms. The number of likely N-dealkylation sites (tertiary alicyclic amines) is 1. The molecule has 2 aliphatic heterocycles. The zero-order valence-electron chi connectivity index (χ0n) is 17.8. The molecule has 162 valence electrons. The van der Waals surface area contributed by atoms with Gasteiger partial charge >= 0.3 is 0 Å². The van der Waals surface area contributed by atoms with E-state index in [1.165, 1.54) is 18.4 Å². The van der Waals surface area contributed by atoms with Gasteiger partial charge in [-0.1, -0.05) is 23.8 Å². The molecule has 6 nitrogen and oxygen atoms in total. The minimum absolute atomic E-state index is 0.0950. The molecule has 1 amide bonds. The highest BCUT2D eigenvalue weighted by molar-refractivity contribution is 6.00. The summed E-state index contributed by atoms with van der Waals surface area (Å²) in [5, 5.41) is 0.483. The van der Waals surface area contributed by atoms with E-state index in [4.69, 9.17) is 9.15 Å². The molecular weight excluding hydrogens is 406 g/mol. The van der Waals surface area contributed by atoms with Gasteiger partial charge in [0.05, 0.1) is 22.9 Å². The molecule has 1 fully saturated rings. The van der Waals surface area contributed by atoms with Gasteiger partial charge in [-0.15, -0.1) is 0 Å². The van der Waals surface area contributed by atoms with Crippen molar-refractivity contribution < 1.29 is 18.7 Å². The Morgan fingerprint density at radius 3 is 2.69 bits per heavy atom. The van der Waals surface area contributed by atoms with Crippen LogP contribution in [0.25, 0.3) is 17.0 Å². The van der Waals surface area contributed by atoms with Gasteiger partial charge in [0, 0.05) is 32.0 Å². The highest BCUT2D eigenvalue weighted by Crippen LogP contribution is 2.39. The number of aryl methyl sites for hydroxylation is 1. The number of ether oxygens (including phenoxy) is 1. The van der Waals surface area contributed by atoms with Crippen LogP contribution in [0, 0.1) is 6.92 Å². The van der Waals surface area contributed by atoms with Crippen LogP contribution in [0.15, 0.2) is 64.0 Å². The zero-order chi connectivity index (χ0) is 22.3. The molecule has 0 aliphatic carbocycles. The second-order valence-corrected chi connectivity index (χ2v) is 8.56. The molecule has 5 rings (SSSR count). The third-order valence-electron chi connectivity index (χ3n) is 6.34. The summed E-state index contributed by atoms with van der Waals surface area (Å²) in [6.07, 6.45) is 5.79. The van der Waals surface area contributed by atoms with Crippen molar-refractivity contribution in [1.29, 1.82) is 0 Å². The van der Waals surface area contributed by atoms with Gasteiger partial charge in [-0.25, -0.2) is 0 Å². The topological polar surface area (TPSA) is 76.8 Å². The van der Waals surface area contributed by atoms with Crippen molar-refractivity contribution in [2.24, 2.45) is 0 Å². The van der Waals surface area contributed by atoms with Gasteiger partial charge in [-0.3, -0.25) is 14.4 Å². The number of carbonyl (C=O) groups is 2. The van der Waals surface area contributed by atoms with Crippen LogP contribution in [0.2, 0.25) is 0 Å². The van der Waals surface area contributed by atoms with Crippen LogP contribution in [0.1, 0.15) is 40.7 Å². The maximum atomic E-state index is 12.7. The maximum Gasteiger partial charge on any atom is 0.246 e. The van der Waals surface area contributed by atoms with Crippen molar-refractivity contribution >= 4 is 28.7 Å². The average molecular weight is 429 g/mol. The largest absolute Gasteiger partial charge is 0.486 e. The summed E-state index contributed by atoms with van der Waals surface area (Å²) in [5.41, 5.74) is 1.80. The van der Waals surface area contributed by atoms with E-state index in [1.807, 2.05) is 25.1 Å². The first-order chi connectivity index (χ1) is 15.4. The van der Waals surface area contributed by atoms with Crippen molar-refractivity contribution in [3.05, 3.63) is 81.7 Å². The highest BCUT2D eigenvalue weighted by atomic mass is 16.5. The van der Waals surface area contributed by atoms with E-state index in [-0.39, 0.29) is 17.1 Å². The molecule has 0 atom stereocenters. The molecule has 32 heavy (non-hydrogen) atoms. The predicted molar refractivity (Wildman–Crippen MR) is 121 cm³/mol. The molecule has 0 saturated carbocycles. The van der Waals surface area contributed by atoms with Gasteiger partial charge in [-0.2, -0.15) is 0 Å². The summed E-state index contributed by atoms with van der Waals surface area (Å²) in [6, 6.07) is 12.7. The summed E-state index contributed by atoms with van der Waals surface area (Å²) in [6.45, 7) is 2.94. The maximum absolute atomic E-state index is 12.7. The number of carbonyl (C=O) groups excluding carboxylic acids is 2. The van der Waals surface area contributed by atoms with E-state index >= 15 is 0 Å². The Bertz CT molecular complexity index is 1310. The van der Waals surface area contributed by atoms with Crippen LogP contribution < -0.4 is 10.2 Å². The third-order valence-corrected chi connectivity index (χ3v) is 6.34. The number of para-hydroxylation sites is 1. The molecule has 1 spiro atoms. The second-order valence-electron chi connectivity index (χ2n) is 8.56. The van der Waals surface area contributed by atoms with Crippen molar-refractivity contribution in [2.45, 2.75) is 31.8 Å². The summed E-state index contributed by atoms with van der Waals surface area (Å²) in [5.74, 6) is 0.553. The summed E-state index contributed by atoms with van der Waals surface area (Å²) >= 11 is 0. The van der Waals surface area contributed by atoms with Crippen LogP contribution >= 0.6 is 0 Å². The quantitative estimate of drug-likeness (QED) is 0.572. The molecule has 2 aliphatic rings. The Morgan fingerprint density at radius 2 is 1.88 bits per heavy atom. The number of nitrogens with zero attached hydrogens (tertiary/aromatic N) is 1. The monoisotopic (exact) mass is 429 g/mol. The Kier molecular flexibility index (Phi) is 4.93. The minimum atomic E-state index is -0.556. The molecular formula is C26H23NO5. The fraction of sp³-hybridized carbons (Fsp3) is 0.269. The van der Waals surface area contributed by atoms with Gasteiger partial charge in [0.1, 0.15) is 23.2 Å². The van der Waals surface area contributed by atoms with Gasteiger partial charge in [0.25, 0.3) is 0 Å². The number of hydrogen-bond donors (Lipinski definition) is 0. The fourth-order valence-electron chi connectivity index (χ4n) is 4.50. The lowest BCUT2D eigenvalue weighted by Gasteiger charge is -2.43. The molecule has 0 N–H and O–H groups in total. The smallest absolute Gasteiger partial charge is 0.246 e. The Hall–Kier alpha value is -3.67. The Balaban J connectivity index is 1.27. The van der Waals surface area contributed by atoms with E-state index in [0.29, 0.717) is 60.2 Å². The van der Waals surface area contributed by atoms with Crippen molar-refractivity contribution in [1.82, 2.24) is 4.90 Å². The van der Waals surface area contributed by atoms with E-state index in [9.17, 15) is 14.4 Å². The predicted octanol–water partition coefficient (Wildman–Crippen LogP) is 4.14. The average Bonchev–Trinajstić information content (AvgIpc) is 2.80. The van der Waals surface area contributed by atoms with Gasteiger partial charge in [0.15, 0.2) is 11.2 Å². The number of ketones is 1. The van der Waals surface area contributed by atoms with Crippen LogP contribution in [0.4, 0.5) is 0 Å². The molecule has 1 aromatic heterocycles. The van der Waals surface area contributed by atoms with Gasteiger partial charge < -0.3 is 14.1 Å². The first kappa shape index (κ1) is 20.2. The van der Waals surface area contributed by atoms with E-state index in [0.717, 1.165) is 5.56 Å². The molecule has 3 aromatic rings. The van der Waals surface area contributed by atoms with Gasteiger partial charge in [-0.05, 0) is 37.3 Å². The van der Waals surface area contributed by atoms with Crippen molar-refractivity contribution in [3.63, 3.8) is 0 Å². The standard InChI is InChI=1S/C26H23NO5/c1-17-6-8-23-20(14-17)21(28)15-26(32-23)10-12-27(13-11-26)24(29)9-7-18-16-31-22-5-3-2-4-19(22)25(18)30/h2-9,14,16H,10-13,15H2,1H3/b9-7+. The van der Waals surface area contributed by atoms with Crippen LogP contribution in [-0.4, -0.2) is 35.3 Å². The number of hydrogen-bond acceptors (Lipinski definition) is 5. The lowest BCUT2D eigenvalue weighted by atomic mass is 9.82. The second kappa shape index (κ2) is 7.79. The fourth-order valence-corrected chi connectivity index (χ4v) is 4.50. The number of rotatable bonds is 2. The van der Waals surface area contributed by atoms with Crippen molar-refractivity contribution in [3.8, 4) is 5.75 Å². The molecule has 3 heterocycles. The molecule has 0 unspecified atom stereocenters. The van der Waals surface area contributed by atoms with Crippen LogP contribution in [0.3, 0.4) is 0 Å². The minimum Gasteiger partial charge on any atom is -0.486 e. The summed E-state index contributed by atoms with van der Waals surface area (Å²) in [7, 11) is 0. The lowest BCUT2D eigenvalue weighted by Crippen LogP contribution is -2.52. The Morgan fingerprint density at radius 1 is 1.09 bits per heavy atom. The van der Waals surface area contributed by atoms with Crippen molar-refractivity contribution in [2.75, 3.05) is 13.1 Å². The Labute approximate surface area is 185 Å². The summed E-state index contributed by atoms with van der Waals surface area (Å²) < 4.78 is 11.8. The van der Waals surface area contributed by atoms with E-state index in [2.05, 4.69) is 0 Å². The molecule has 1 saturated heterocycles. The number of amides is 1. The highest BCUT2D eigenvalue weighted by Gasteiger charge is 2.43. The molecule has 2 aromatic carbocycles. The third kappa shape index (κ3) is 3.62. The lowest BCUT2D eigenvalue weighted by molar-refractivity contribution is -0.129. The molecule has 0 radical (unpaired) electrons. The van der Waals surface area contributed by atoms with Crippen LogP contribution in [0.5, 0.6) is 5.75 Å². The number of piperidine rings is 1. The van der Waals surface area contributed by atoms with E-state index < -0.39 is 5.60 Å². The zero-order valence-corrected chi connectivity index (χ0v) is 17.8. The number of benzene rings is 2. The number of fused-ring (bicyclic) bond motifs is 2. The molecule has 6 heteroatoms.